The summed E-state index contributed by atoms with van der Waals surface area (Å²) in [4.78, 5) is 23.7. The van der Waals surface area contributed by atoms with Gasteiger partial charge in [-0.2, -0.15) is 11.8 Å². The van der Waals surface area contributed by atoms with E-state index in [4.69, 9.17) is 4.74 Å². The molecule has 6 nitrogen and oxygen atoms in total. The van der Waals surface area contributed by atoms with Crippen molar-refractivity contribution in [3.05, 3.63) is 0 Å². The Morgan fingerprint density at radius 3 is 2.24 bits per heavy atom. The van der Waals surface area contributed by atoms with Crippen molar-refractivity contribution in [3.8, 4) is 0 Å². The Kier molecular flexibility index (Phi) is 7.62. The van der Waals surface area contributed by atoms with Crippen LogP contribution in [-0.4, -0.2) is 52.8 Å². The standard InChI is InChI=1S/C18H35N3O3S/c1-16(2,3)24-15(23)19-8-9-25-12-14(22)20-13-10-17(4,5)21-18(6,7)11-13/h13,21H,8-12H2,1-7H3,(H,19,23)(H,20,22). The molecule has 0 radical (unpaired) electrons. The molecular formula is C18H35N3O3S. The van der Waals surface area contributed by atoms with E-state index in [1.54, 1.807) is 0 Å². The highest BCUT2D eigenvalue weighted by Gasteiger charge is 2.38. The summed E-state index contributed by atoms with van der Waals surface area (Å²) < 4.78 is 5.16. The zero-order chi connectivity index (χ0) is 19.3. The highest BCUT2D eigenvalue weighted by Crippen LogP contribution is 2.28. The molecule has 0 aliphatic carbocycles. The molecule has 146 valence electrons. The van der Waals surface area contributed by atoms with Gasteiger partial charge in [-0.25, -0.2) is 4.79 Å². The molecule has 0 aromatic carbocycles. The Morgan fingerprint density at radius 2 is 1.72 bits per heavy atom. The predicted octanol–water partition coefficient (Wildman–Crippen LogP) is 2.67. The third-order valence-corrected chi connectivity index (χ3v) is 4.66. The van der Waals surface area contributed by atoms with E-state index in [-0.39, 0.29) is 23.0 Å². The van der Waals surface area contributed by atoms with Gasteiger partial charge in [-0.3, -0.25) is 4.79 Å². The van der Waals surface area contributed by atoms with Crippen molar-refractivity contribution >= 4 is 23.8 Å². The monoisotopic (exact) mass is 373 g/mol. The summed E-state index contributed by atoms with van der Waals surface area (Å²) in [6.07, 6.45) is 1.43. The molecule has 0 bridgehead atoms. The van der Waals surface area contributed by atoms with E-state index in [2.05, 4.69) is 43.6 Å². The number of carbonyl (C=O) groups is 2. The Morgan fingerprint density at radius 1 is 1.16 bits per heavy atom. The minimum atomic E-state index is -0.493. The number of hydrogen-bond acceptors (Lipinski definition) is 5. The molecular weight excluding hydrogens is 338 g/mol. The van der Waals surface area contributed by atoms with Crippen LogP contribution >= 0.6 is 11.8 Å². The van der Waals surface area contributed by atoms with Crippen LogP contribution < -0.4 is 16.0 Å². The lowest BCUT2D eigenvalue weighted by Gasteiger charge is -2.46. The second-order valence-electron chi connectivity index (χ2n) is 9.05. The molecule has 0 aromatic heterocycles. The lowest BCUT2D eigenvalue weighted by molar-refractivity contribution is -0.119. The van der Waals surface area contributed by atoms with Gasteiger partial charge < -0.3 is 20.7 Å². The first-order valence-electron chi connectivity index (χ1n) is 8.91. The largest absolute Gasteiger partial charge is 0.444 e. The van der Waals surface area contributed by atoms with Gasteiger partial charge in [-0.15, -0.1) is 0 Å². The minimum Gasteiger partial charge on any atom is -0.444 e. The summed E-state index contributed by atoms with van der Waals surface area (Å²) in [6.45, 7) is 14.7. The number of thioether (sulfide) groups is 1. The molecule has 1 fully saturated rings. The number of carbonyl (C=O) groups excluding carboxylic acids is 2. The van der Waals surface area contributed by atoms with Crippen molar-refractivity contribution in [2.45, 2.75) is 84.0 Å². The van der Waals surface area contributed by atoms with Crippen LogP contribution in [0.15, 0.2) is 0 Å². The van der Waals surface area contributed by atoms with Crippen LogP contribution in [-0.2, 0) is 9.53 Å². The van der Waals surface area contributed by atoms with E-state index >= 15 is 0 Å². The van der Waals surface area contributed by atoms with E-state index in [9.17, 15) is 9.59 Å². The van der Waals surface area contributed by atoms with Crippen LogP contribution in [0.3, 0.4) is 0 Å². The van der Waals surface area contributed by atoms with Crippen LogP contribution in [0.5, 0.6) is 0 Å². The van der Waals surface area contributed by atoms with Gasteiger partial charge in [-0.1, -0.05) is 0 Å². The second-order valence-corrected chi connectivity index (χ2v) is 10.2. The van der Waals surface area contributed by atoms with Crippen molar-refractivity contribution in [1.29, 1.82) is 0 Å². The number of nitrogens with one attached hydrogen (secondary N) is 3. The third kappa shape index (κ3) is 9.94. The van der Waals surface area contributed by atoms with Crippen molar-refractivity contribution in [3.63, 3.8) is 0 Å². The van der Waals surface area contributed by atoms with E-state index in [0.29, 0.717) is 18.1 Å². The zero-order valence-corrected chi connectivity index (χ0v) is 17.6. The van der Waals surface area contributed by atoms with Crippen molar-refractivity contribution < 1.29 is 14.3 Å². The van der Waals surface area contributed by atoms with Crippen LogP contribution in [0.25, 0.3) is 0 Å². The molecule has 0 aromatic rings. The van der Waals surface area contributed by atoms with Gasteiger partial charge in [0, 0.05) is 29.4 Å². The SMILES string of the molecule is CC1(C)CC(NC(=O)CSCCNC(=O)OC(C)(C)C)CC(C)(C)N1. The topological polar surface area (TPSA) is 79.5 Å². The molecule has 7 heteroatoms. The summed E-state index contributed by atoms with van der Waals surface area (Å²) in [7, 11) is 0. The average molecular weight is 374 g/mol. The summed E-state index contributed by atoms with van der Waals surface area (Å²) >= 11 is 1.51. The van der Waals surface area contributed by atoms with Crippen molar-refractivity contribution in [1.82, 2.24) is 16.0 Å². The second kappa shape index (κ2) is 8.62. The molecule has 1 rings (SSSR count). The summed E-state index contributed by atoms with van der Waals surface area (Å²) in [6, 6.07) is 0.194. The molecule has 25 heavy (non-hydrogen) atoms. The first-order chi connectivity index (χ1) is 11.3. The van der Waals surface area contributed by atoms with Crippen LogP contribution in [0.2, 0.25) is 0 Å². The number of alkyl carbamates (subject to hydrolysis) is 1. The molecule has 0 atom stereocenters. The Bertz CT molecular complexity index is 457. The normalized spacial score (nSPS) is 20.0. The summed E-state index contributed by atoms with van der Waals surface area (Å²) in [5, 5.41) is 9.46. The van der Waals surface area contributed by atoms with Gasteiger partial charge in [0.25, 0.3) is 0 Å². The Hall–Kier alpha value is -0.950. The van der Waals surface area contributed by atoms with E-state index in [0.717, 1.165) is 12.8 Å². The lowest BCUT2D eigenvalue weighted by atomic mass is 9.79. The number of hydrogen-bond donors (Lipinski definition) is 3. The third-order valence-electron chi connectivity index (χ3n) is 3.70. The molecule has 0 saturated carbocycles. The maximum Gasteiger partial charge on any atom is 0.407 e. The van der Waals surface area contributed by atoms with Gasteiger partial charge >= 0.3 is 6.09 Å². The number of amides is 2. The van der Waals surface area contributed by atoms with Crippen molar-refractivity contribution in [2.75, 3.05) is 18.1 Å². The molecule has 2 amide bonds. The summed E-state index contributed by atoms with van der Waals surface area (Å²) in [5.74, 6) is 1.14. The molecule has 1 aliphatic rings. The highest BCUT2D eigenvalue weighted by atomic mass is 32.2. The van der Waals surface area contributed by atoms with E-state index in [1.165, 1.54) is 11.8 Å². The van der Waals surface area contributed by atoms with Gasteiger partial charge in [0.05, 0.1) is 5.75 Å². The van der Waals surface area contributed by atoms with Gasteiger partial charge in [0.2, 0.25) is 5.91 Å². The highest BCUT2D eigenvalue weighted by molar-refractivity contribution is 7.99. The van der Waals surface area contributed by atoms with E-state index < -0.39 is 11.7 Å². The van der Waals surface area contributed by atoms with Crippen LogP contribution in [0, 0.1) is 0 Å². The van der Waals surface area contributed by atoms with Crippen LogP contribution in [0.4, 0.5) is 4.79 Å². The first kappa shape index (κ1) is 22.1. The maximum absolute atomic E-state index is 12.2. The molecule has 1 aliphatic heterocycles. The molecule has 1 heterocycles. The van der Waals surface area contributed by atoms with Gasteiger partial charge in [-0.05, 0) is 61.3 Å². The number of piperidine rings is 1. The fourth-order valence-corrected chi connectivity index (χ4v) is 4.06. The number of rotatable bonds is 6. The average Bonchev–Trinajstić information content (AvgIpc) is 2.31. The smallest absolute Gasteiger partial charge is 0.407 e. The Balaban J connectivity index is 2.22. The minimum absolute atomic E-state index is 0.0180. The molecule has 1 saturated heterocycles. The Labute approximate surface area is 156 Å². The van der Waals surface area contributed by atoms with Crippen molar-refractivity contribution in [2.24, 2.45) is 0 Å². The fourth-order valence-electron chi connectivity index (χ4n) is 3.40. The zero-order valence-electron chi connectivity index (χ0n) is 16.7. The fraction of sp³-hybridized carbons (Fsp3) is 0.889. The quantitative estimate of drug-likeness (QED) is 0.624. The van der Waals surface area contributed by atoms with Gasteiger partial charge in [0.1, 0.15) is 5.60 Å². The molecule has 0 unspecified atom stereocenters. The maximum atomic E-state index is 12.2. The molecule has 3 N–H and O–H groups in total. The van der Waals surface area contributed by atoms with Crippen LogP contribution in [0.1, 0.15) is 61.3 Å². The predicted molar refractivity (Wildman–Crippen MR) is 104 cm³/mol. The number of ether oxygens (including phenoxy) is 1. The van der Waals surface area contributed by atoms with Gasteiger partial charge in [0.15, 0.2) is 0 Å². The molecule has 0 spiro atoms. The first-order valence-corrected chi connectivity index (χ1v) is 10.1. The summed E-state index contributed by atoms with van der Waals surface area (Å²) in [5.41, 5.74) is -0.456. The van der Waals surface area contributed by atoms with E-state index in [1.807, 2.05) is 20.8 Å². The lowest BCUT2D eigenvalue weighted by Crippen LogP contribution is -2.62.